The van der Waals surface area contributed by atoms with Gasteiger partial charge in [0.2, 0.25) is 19.2 Å². The molecule has 0 bridgehead atoms. The molecule has 2 aliphatic rings. The average molecular weight is 386 g/mol. The Morgan fingerprint density at radius 2 is 1.81 bits per heavy atom. The smallest absolute Gasteiger partial charge is 0.232 e. The van der Waals surface area contributed by atoms with Crippen LogP contribution in [0.3, 0.4) is 0 Å². The van der Waals surface area contributed by atoms with Crippen molar-refractivity contribution in [3.8, 4) is 0 Å². The van der Waals surface area contributed by atoms with Gasteiger partial charge in [0.25, 0.3) is 0 Å². The molecule has 0 aromatic carbocycles. The molecule has 1 saturated carbocycles. The maximum absolute atomic E-state index is 12.2. The van der Waals surface area contributed by atoms with Crippen molar-refractivity contribution in [3.05, 3.63) is 0 Å². The number of imide groups is 1. The van der Waals surface area contributed by atoms with E-state index in [4.69, 9.17) is 0 Å². The van der Waals surface area contributed by atoms with Crippen molar-refractivity contribution < 1.29 is 19.0 Å². The lowest BCUT2D eigenvalue weighted by molar-refractivity contribution is -0.140. The maximum atomic E-state index is 12.2. The molecule has 0 radical (unpaired) electrons. The first kappa shape index (κ1) is 21.6. The summed E-state index contributed by atoms with van der Waals surface area (Å²) in [7, 11) is -3.01. The first-order valence-corrected chi connectivity index (χ1v) is 12.0. The molecule has 0 spiro atoms. The molecular formula is C19H35N2O4P. The van der Waals surface area contributed by atoms with Gasteiger partial charge in [0.15, 0.2) is 0 Å². The third-order valence-electron chi connectivity index (χ3n) is 6.09. The third kappa shape index (κ3) is 5.64. The monoisotopic (exact) mass is 386 g/mol. The summed E-state index contributed by atoms with van der Waals surface area (Å²) in [4.78, 5) is 35.6. The normalized spacial score (nSPS) is 29.4. The predicted molar refractivity (Wildman–Crippen MR) is 103 cm³/mol. The molecule has 2 atom stereocenters. The van der Waals surface area contributed by atoms with Crippen LogP contribution < -0.4 is 5.32 Å². The number of hydrogen-bond donors (Lipinski definition) is 2. The molecule has 2 rings (SSSR count). The third-order valence-corrected chi connectivity index (χ3v) is 8.56. The van der Waals surface area contributed by atoms with Crippen molar-refractivity contribution in [2.45, 2.75) is 65.0 Å². The predicted octanol–water partition coefficient (Wildman–Crippen LogP) is 2.85. The topological polar surface area (TPSA) is 86.7 Å². The molecule has 1 aliphatic heterocycles. The van der Waals surface area contributed by atoms with E-state index in [-0.39, 0.29) is 23.4 Å². The van der Waals surface area contributed by atoms with Gasteiger partial charge in [0, 0.05) is 37.2 Å². The lowest BCUT2D eigenvalue weighted by Gasteiger charge is -2.31. The first-order chi connectivity index (χ1) is 12.2. The minimum absolute atomic E-state index is 0.00391. The van der Waals surface area contributed by atoms with Crippen LogP contribution in [0.2, 0.25) is 0 Å². The minimum atomic E-state index is -3.01. The Hall–Kier alpha value is -0.710. The van der Waals surface area contributed by atoms with Gasteiger partial charge in [0.05, 0.1) is 0 Å². The number of likely N-dealkylation sites (tertiary alicyclic amines) is 1. The second-order valence-corrected chi connectivity index (χ2v) is 11.3. The van der Waals surface area contributed by atoms with E-state index in [0.29, 0.717) is 37.5 Å². The Labute approximate surface area is 157 Å². The molecule has 150 valence electrons. The van der Waals surface area contributed by atoms with Crippen molar-refractivity contribution in [1.82, 2.24) is 10.2 Å². The van der Waals surface area contributed by atoms with E-state index in [1.807, 2.05) is 6.92 Å². The van der Waals surface area contributed by atoms with Crippen LogP contribution in [0.4, 0.5) is 0 Å². The van der Waals surface area contributed by atoms with Gasteiger partial charge in [-0.3, -0.25) is 19.1 Å². The Bertz CT molecular complexity index is 544. The van der Waals surface area contributed by atoms with Gasteiger partial charge < -0.3 is 10.2 Å². The maximum Gasteiger partial charge on any atom is 0.232 e. The van der Waals surface area contributed by atoms with Crippen molar-refractivity contribution in [1.29, 1.82) is 0 Å². The van der Waals surface area contributed by atoms with Crippen LogP contribution in [0, 0.1) is 17.8 Å². The number of nitrogens with zero attached hydrogens (tertiary/aromatic N) is 1. The SMILES string of the molecule is CCC1CC(=O)N(CC2CCC(CNCCP(=O)(O)C(C)C)CC2)C1=O. The van der Waals surface area contributed by atoms with E-state index in [2.05, 4.69) is 5.32 Å². The number of amides is 2. The first-order valence-electron chi connectivity index (χ1n) is 10.1. The molecule has 1 saturated heterocycles. The Morgan fingerprint density at radius 1 is 1.19 bits per heavy atom. The zero-order valence-corrected chi connectivity index (χ0v) is 17.3. The highest BCUT2D eigenvalue weighted by Crippen LogP contribution is 2.45. The number of carbonyl (C=O) groups is 2. The largest absolute Gasteiger partial charge is 0.344 e. The molecule has 1 heterocycles. The lowest BCUT2D eigenvalue weighted by Crippen LogP contribution is -2.37. The summed E-state index contributed by atoms with van der Waals surface area (Å²) in [6, 6.07) is 0. The molecule has 7 heteroatoms. The van der Waals surface area contributed by atoms with Crippen LogP contribution >= 0.6 is 7.37 Å². The van der Waals surface area contributed by atoms with E-state index in [1.165, 1.54) is 4.90 Å². The Balaban J connectivity index is 1.66. The molecule has 2 unspecified atom stereocenters. The second-order valence-electron chi connectivity index (χ2n) is 8.32. The minimum Gasteiger partial charge on any atom is -0.344 e. The summed E-state index contributed by atoms with van der Waals surface area (Å²) in [6.45, 7) is 7.61. The molecule has 0 aromatic heterocycles. The standard InChI is InChI=1S/C19H35N2O4P/c1-4-17-11-18(22)21(19(17)23)13-16-7-5-15(6-8-16)12-20-9-10-26(24,25)14(2)3/h14-17,20H,4-13H2,1-3H3,(H,24,25). The van der Waals surface area contributed by atoms with Gasteiger partial charge in [0.1, 0.15) is 0 Å². The quantitative estimate of drug-likeness (QED) is 0.361. The van der Waals surface area contributed by atoms with E-state index in [0.717, 1.165) is 38.6 Å². The van der Waals surface area contributed by atoms with Gasteiger partial charge >= 0.3 is 0 Å². The average Bonchev–Trinajstić information content (AvgIpc) is 2.87. The molecule has 6 nitrogen and oxygen atoms in total. The van der Waals surface area contributed by atoms with Crippen LogP contribution in [-0.2, 0) is 14.2 Å². The van der Waals surface area contributed by atoms with Gasteiger partial charge in [-0.2, -0.15) is 0 Å². The van der Waals surface area contributed by atoms with Gasteiger partial charge in [-0.05, 0) is 50.5 Å². The van der Waals surface area contributed by atoms with E-state index < -0.39 is 7.37 Å². The van der Waals surface area contributed by atoms with Crippen molar-refractivity contribution in [3.63, 3.8) is 0 Å². The number of carbonyl (C=O) groups excluding carboxylic acids is 2. The van der Waals surface area contributed by atoms with Crippen LogP contribution in [0.15, 0.2) is 0 Å². The van der Waals surface area contributed by atoms with Crippen LogP contribution in [0.5, 0.6) is 0 Å². The summed E-state index contributed by atoms with van der Waals surface area (Å²) in [5, 5.41) is 3.33. The van der Waals surface area contributed by atoms with Crippen molar-refractivity contribution in [2.24, 2.45) is 17.8 Å². The Morgan fingerprint density at radius 3 is 2.35 bits per heavy atom. The zero-order valence-electron chi connectivity index (χ0n) is 16.4. The summed E-state index contributed by atoms with van der Waals surface area (Å²) in [5.74, 6) is 0.936. The summed E-state index contributed by atoms with van der Waals surface area (Å²) < 4.78 is 11.9. The highest BCUT2D eigenvalue weighted by Gasteiger charge is 2.38. The molecule has 2 fully saturated rings. The summed E-state index contributed by atoms with van der Waals surface area (Å²) >= 11 is 0. The van der Waals surface area contributed by atoms with Gasteiger partial charge in [-0.1, -0.05) is 20.8 Å². The number of nitrogens with one attached hydrogen (secondary N) is 1. The number of rotatable bonds is 9. The zero-order chi connectivity index (χ0) is 19.3. The van der Waals surface area contributed by atoms with Crippen LogP contribution in [0.1, 0.15) is 59.3 Å². The van der Waals surface area contributed by atoms with E-state index in [9.17, 15) is 19.0 Å². The van der Waals surface area contributed by atoms with Gasteiger partial charge in [-0.25, -0.2) is 0 Å². The Kier molecular flexibility index (Phi) is 7.87. The molecule has 26 heavy (non-hydrogen) atoms. The van der Waals surface area contributed by atoms with Crippen molar-refractivity contribution >= 4 is 19.2 Å². The fourth-order valence-corrected chi connectivity index (χ4v) is 4.94. The van der Waals surface area contributed by atoms with Crippen LogP contribution in [-0.4, -0.2) is 53.1 Å². The summed E-state index contributed by atoms with van der Waals surface area (Å²) in [6.07, 6.45) is 5.74. The van der Waals surface area contributed by atoms with E-state index in [1.54, 1.807) is 13.8 Å². The summed E-state index contributed by atoms with van der Waals surface area (Å²) in [5.41, 5.74) is -0.178. The molecule has 2 amide bonds. The lowest BCUT2D eigenvalue weighted by atomic mass is 9.81. The van der Waals surface area contributed by atoms with Crippen molar-refractivity contribution in [2.75, 3.05) is 25.8 Å². The van der Waals surface area contributed by atoms with Gasteiger partial charge in [-0.15, -0.1) is 0 Å². The molecule has 2 N–H and O–H groups in total. The molecule has 1 aliphatic carbocycles. The second kappa shape index (κ2) is 9.48. The molecule has 0 aromatic rings. The van der Waals surface area contributed by atoms with Crippen LogP contribution in [0.25, 0.3) is 0 Å². The van der Waals surface area contributed by atoms with E-state index >= 15 is 0 Å². The molecular weight excluding hydrogens is 351 g/mol. The number of hydrogen-bond acceptors (Lipinski definition) is 4. The fourth-order valence-electron chi connectivity index (χ4n) is 3.94. The highest BCUT2D eigenvalue weighted by atomic mass is 31.2. The fraction of sp³-hybridized carbons (Fsp3) is 0.895. The highest BCUT2D eigenvalue weighted by molar-refractivity contribution is 7.58.